The van der Waals surface area contributed by atoms with Crippen LogP contribution < -0.4 is 5.32 Å². The highest BCUT2D eigenvalue weighted by Gasteiger charge is 2.38. The molecule has 1 aromatic heterocycles. The highest BCUT2D eigenvalue weighted by molar-refractivity contribution is 6.76. The quantitative estimate of drug-likeness (QED) is 0.272. The van der Waals surface area contributed by atoms with Gasteiger partial charge in [-0.05, 0) is 69.0 Å². The van der Waals surface area contributed by atoms with E-state index < -0.39 is 8.07 Å². The summed E-state index contributed by atoms with van der Waals surface area (Å²) in [6, 6.07) is 14.1. The molecule has 1 saturated heterocycles. The summed E-state index contributed by atoms with van der Waals surface area (Å²) in [7, 11) is -1.14. The third-order valence-electron chi connectivity index (χ3n) is 8.15. The summed E-state index contributed by atoms with van der Waals surface area (Å²) < 4.78 is 14.6. The number of amides is 2. The molecule has 0 spiro atoms. The average Bonchev–Trinajstić information content (AvgIpc) is 3.38. The first-order valence-electron chi connectivity index (χ1n) is 14.7. The number of nitrogens with one attached hydrogen (secondary N) is 1. The second-order valence-electron chi connectivity index (χ2n) is 12.2. The lowest BCUT2D eigenvalue weighted by Gasteiger charge is -2.42. The number of likely N-dealkylation sites (tertiary alicyclic amines) is 1. The molecule has 7 nitrogen and oxygen atoms in total. The van der Waals surface area contributed by atoms with Crippen molar-refractivity contribution in [1.82, 2.24) is 20.0 Å². The number of hydrogen-bond acceptors (Lipinski definition) is 4. The Bertz CT molecular complexity index is 985. The highest BCUT2D eigenvalue weighted by Crippen LogP contribution is 2.36. The van der Waals surface area contributed by atoms with Gasteiger partial charge in [-0.3, -0.25) is 0 Å². The van der Waals surface area contributed by atoms with Crippen molar-refractivity contribution in [3.05, 3.63) is 53.9 Å². The van der Waals surface area contributed by atoms with E-state index >= 15 is 0 Å². The summed E-state index contributed by atoms with van der Waals surface area (Å²) in [6.45, 7) is 12.3. The Hall–Kier alpha value is -2.16. The molecule has 0 bridgehead atoms. The minimum Gasteiger partial charge on any atom is -0.376 e. The van der Waals surface area contributed by atoms with E-state index in [1.807, 2.05) is 22.7 Å². The van der Waals surface area contributed by atoms with Gasteiger partial charge in [0.1, 0.15) is 6.73 Å². The molecule has 1 N–H and O–H groups in total. The fourth-order valence-corrected chi connectivity index (χ4v) is 6.69. The fraction of sp³-hybridized carbons (Fsp3) is 0.667. The number of piperidine rings is 1. The molecular weight excluding hydrogens is 492 g/mol. The number of nitrogens with zero attached hydrogens (tertiary/aromatic N) is 3. The van der Waals surface area contributed by atoms with Gasteiger partial charge in [0.2, 0.25) is 0 Å². The van der Waals surface area contributed by atoms with Crippen molar-refractivity contribution in [2.75, 3.05) is 26.3 Å². The van der Waals surface area contributed by atoms with Gasteiger partial charge in [-0.25, -0.2) is 9.48 Å². The van der Waals surface area contributed by atoms with Crippen LogP contribution in [0.1, 0.15) is 68.5 Å². The summed E-state index contributed by atoms with van der Waals surface area (Å²) in [5.41, 5.74) is 2.59. The number of carbonyl (C=O) groups is 1. The van der Waals surface area contributed by atoms with Gasteiger partial charge in [0.25, 0.3) is 0 Å². The first-order valence-corrected chi connectivity index (χ1v) is 18.4. The molecule has 8 heteroatoms. The Kier molecular flexibility index (Phi) is 10.4. The van der Waals surface area contributed by atoms with Crippen LogP contribution in [0.4, 0.5) is 4.79 Å². The summed E-state index contributed by atoms with van der Waals surface area (Å²) in [6.07, 6.45) is 8.57. The maximum absolute atomic E-state index is 13.1. The normalized spacial score (nSPS) is 24.4. The van der Waals surface area contributed by atoms with Crippen LogP contribution in [0.2, 0.25) is 25.7 Å². The molecule has 1 saturated carbocycles. The first kappa shape index (κ1) is 28.8. The van der Waals surface area contributed by atoms with Crippen LogP contribution in [0.25, 0.3) is 0 Å². The van der Waals surface area contributed by atoms with E-state index in [2.05, 4.69) is 66.5 Å². The SMILES string of the molecule is CCNC(=O)N1CCCC(c2ccnn2COCC[Si](C)(C)C)C1COC1CCC(c2ccccc2)CC1. The smallest absolute Gasteiger partial charge is 0.317 e. The van der Waals surface area contributed by atoms with Gasteiger partial charge in [-0.15, -0.1) is 0 Å². The Morgan fingerprint density at radius 3 is 2.55 bits per heavy atom. The molecule has 4 rings (SSSR count). The molecule has 1 aromatic carbocycles. The number of ether oxygens (including phenoxy) is 2. The molecule has 2 amide bonds. The molecule has 2 heterocycles. The molecule has 38 heavy (non-hydrogen) atoms. The number of aromatic nitrogens is 2. The standard InChI is InChI=1S/C30H48N4O3Si/c1-5-31-30(35)33-19-9-12-27(28-17-18-32-34(28)23-36-20-21-38(2,3)4)29(33)22-37-26-15-13-25(14-16-26)24-10-7-6-8-11-24/h6-8,10-11,17-18,25-27,29H,5,9,12-16,19-23H2,1-4H3,(H,31,35). The minimum absolute atomic E-state index is 0.0102. The van der Waals surface area contributed by atoms with E-state index in [0.717, 1.165) is 63.4 Å². The van der Waals surface area contributed by atoms with E-state index in [9.17, 15) is 4.79 Å². The molecule has 1 aliphatic heterocycles. The Labute approximate surface area is 230 Å². The van der Waals surface area contributed by atoms with Crippen molar-refractivity contribution in [2.45, 2.75) is 102 Å². The zero-order valence-electron chi connectivity index (χ0n) is 23.9. The van der Waals surface area contributed by atoms with Crippen LogP contribution in [0.5, 0.6) is 0 Å². The number of urea groups is 1. The Balaban J connectivity index is 1.40. The van der Waals surface area contributed by atoms with Gasteiger partial charge in [-0.2, -0.15) is 5.10 Å². The third-order valence-corrected chi connectivity index (χ3v) is 9.86. The summed E-state index contributed by atoms with van der Waals surface area (Å²) in [5.74, 6) is 0.802. The van der Waals surface area contributed by atoms with Gasteiger partial charge >= 0.3 is 6.03 Å². The number of benzene rings is 1. The van der Waals surface area contributed by atoms with Crippen molar-refractivity contribution in [3.63, 3.8) is 0 Å². The molecule has 1 aliphatic carbocycles. The molecule has 0 radical (unpaired) electrons. The predicted octanol–water partition coefficient (Wildman–Crippen LogP) is 6.22. The van der Waals surface area contributed by atoms with Gasteiger partial charge in [0, 0.05) is 45.6 Å². The monoisotopic (exact) mass is 540 g/mol. The maximum Gasteiger partial charge on any atom is 0.317 e. The fourth-order valence-electron chi connectivity index (χ4n) is 5.93. The molecule has 210 valence electrons. The molecular formula is C30H48N4O3Si. The van der Waals surface area contributed by atoms with Crippen LogP contribution in [0.3, 0.4) is 0 Å². The van der Waals surface area contributed by atoms with Gasteiger partial charge in [0.15, 0.2) is 0 Å². The lowest BCUT2D eigenvalue weighted by molar-refractivity contribution is -0.0183. The Morgan fingerprint density at radius 2 is 1.84 bits per heavy atom. The zero-order chi connectivity index (χ0) is 27.0. The van der Waals surface area contributed by atoms with Crippen molar-refractivity contribution in [3.8, 4) is 0 Å². The number of carbonyl (C=O) groups excluding carboxylic acids is 1. The van der Waals surface area contributed by atoms with Crippen LogP contribution in [0, 0.1) is 0 Å². The second-order valence-corrected chi connectivity index (χ2v) is 17.8. The minimum atomic E-state index is -1.14. The highest BCUT2D eigenvalue weighted by atomic mass is 28.3. The van der Waals surface area contributed by atoms with Gasteiger partial charge < -0.3 is 19.7 Å². The maximum atomic E-state index is 13.1. The van der Waals surface area contributed by atoms with E-state index in [1.54, 1.807) is 0 Å². The summed E-state index contributed by atoms with van der Waals surface area (Å²) >= 11 is 0. The van der Waals surface area contributed by atoms with Gasteiger partial charge in [0.05, 0.1) is 18.8 Å². The molecule has 2 atom stereocenters. The molecule has 2 aromatic rings. The van der Waals surface area contributed by atoms with Crippen molar-refractivity contribution < 1.29 is 14.3 Å². The first-order chi connectivity index (χ1) is 18.4. The van der Waals surface area contributed by atoms with Crippen molar-refractivity contribution in [1.29, 1.82) is 0 Å². The van der Waals surface area contributed by atoms with E-state index in [-0.39, 0.29) is 24.1 Å². The third kappa shape index (κ3) is 7.93. The number of rotatable bonds is 11. The van der Waals surface area contributed by atoms with Crippen molar-refractivity contribution >= 4 is 14.1 Å². The van der Waals surface area contributed by atoms with E-state index in [0.29, 0.717) is 25.8 Å². The van der Waals surface area contributed by atoms with E-state index in [4.69, 9.17) is 9.47 Å². The Morgan fingerprint density at radius 1 is 1.08 bits per heavy atom. The summed E-state index contributed by atoms with van der Waals surface area (Å²) in [4.78, 5) is 15.1. The summed E-state index contributed by atoms with van der Waals surface area (Å²) in [5, 5.41) is 7.63. The lowest BCUT2D eigenvalue weighted by atomic mass is 9.82. The second kappa shape index (κ2) is 13.8. The average molecular weight is 541 g/mol. The van der Waals surface area contributed by atoms with E-state index in [1.165, 1.54) is 5.56 Å². The van der Waals surface area contributed by atoms with Crippen LogP contribution in [-0.4, -0.2) is 67.2 Å². The van der Waals surface area contributed by atoms with Crippen molar-refractivity contribution in [2.24, 2.45) is 0 Å². The molecule has 2 fully saturated rings. The predicted molar refractivity (Wildman–Crippen MR) is 155 cm³/mol. The topological polar surface area (TPSA) is 68.6 Å². The van der Waals surface area contributed by atoms with Crippen LogP contribution >= 0.6 is 0 Å². The van der Waals surface area contributed by atoms with Crippen LogP contribution in [-0.2, 0) is 16.2 Å². The molecule has 2 aliphatic rings. The number of hydrogen-bond donors (Lipinski definition) is 1. The van der Waals surface area contributed by atoms with Gasteiger partial charge in [-0.1, -0.05) is 50.0 Å². The zero-order valence-corrected chi connectivity index (χ0v) is 24.9. The largest absolute Gasteiger partial charge is 0.376 e. The lowest BCUT2D eigenvalue weighted by Crippen LogP contribution is -2.54. The molecule has 2 unspecified atom stereocenters. The van der Waals surface area contributed by atoms with Crippen LogP contribution in [0.15, 0.2) is 42.6 Å².